The molecule has 1 fully saturated rings. The molecule has 0 atom stereocenters. The Balaban J connectivity index is 1.36. The fourth-order valence-electron chi connectivity index (χ4n) is 3.60. The van der Waals surface area contributed by atoms with E-state index in [0.29, 0.717) is 18.0 Å². The largest absolute Gasteiger partial charge is 0.456 e. The van der Waals surface area contributed by atoms with Crippen LogP contribution in [0.5, 0.6) is 0 Å². The number of rotatable bonds is 5. The summed E-state index contributed by atoms with van der Waals surface area (Å²) in [5, 5.41) is 3.05. The Morgan fingerprint density at radius 2 is 2.07 bits per heavy atom. The minimum absolute atomic E-state index is 0.115. The molecule has 0 unspecified atom stereocenters. The second-order valence-corrected chi connectivity index (χ2v) is 7.49. The van der Waals surface area contributed by atoms with Crippen molar-refractivity contribution in [1.29, 1.82) is 0 Å². The molecule has 8 nitrogen and oxygen atoms in total. The van der Waals surface area contributed by atoms with E-state index in [9.17, 15) is 9.59 Å². The van der Waals surface area contributed by atoms with Gasteiger partial charge in [-0.25, -0.2) is 9.97 Å². The van der Waals surface area contributed by atoms with Gasteiger partial charge in [-0.15, -0.1) is 0 Å². The van der Waals surface area contributed by atoms with Gasteiger partial charge in [-0.1, -0.05) is 6.92 Å². The van der Waals surface area contributed by atoms with Gasteiger partial charge >= 0.3 is 0 Å². The van der Waals surface area contributed by atoms with Crippen LogP contribution in [-0.4, -0.2) is 40.0 Å². The predicted molar refractivity (Wildman–Crippen MR) is 114 cm³/mol. The molecule has 30 heavy (non-hydrogen) atoms. The normalized spacial score (nSPS) is 14.7. The molecule has 0 radical (unpaired) electrons. The molecule has 4 heterocycles. The zero-order valence-electron chi connectivity index (χ0n) is 17.1. The van der Waals surface area contributed by atoms with Crippen molar-refractivity contribution in [2.24, 2.45) is 0 Å². The molecule has 1 amide bonds. The monoisotopic (exact) mass is 407 g/mol. The molecular formula is C22H25N5O3. The van der Waals surface area contributed by atoms with Crippen LogP contribution in [0.3, 0.4) is 0 Å². The van der Waals surface area contributed by atoms with E-state index < -0.39 is 0 Å². The number of amides is 1. The summed E-state index contributed by atoms with van der Waals surface area (Å²) in [5.41, 5.74) is 1.38. The summed E-state index contributed by atoms with van der Waals surface area (Å²) >= 11 is 0. The molecule has 0 bridgehead atoms. The maximum absolute atomic E-state index is 12.3. The van der Waals surface area contributed by atoms with Gasteiger partial charge in [0.05, 0.1) is 0 Å². The fourth-order valence-corrected chi connectivity index (χ4v) is 3.60. The first-order valence-electron chi connectivity index (χ1n) is 10.2. The third kappa shape index (κ3) is 4.42. The number of piperidine rings is 1. The number of aryl methyl sites for hydroxylation is 2. The van der Waals surface area contributed by atoms with Crippen LogP contribution in [0.1, 0.15) is 41.8 Å². The molecular weight excluding hydrogens is 382 g/mol. The highest BCUT2D eigenvalue weighted by Crippen LogP contribution is 2.21. The van der Waals surface area contributed by atoms with Crippen LogP contribution >= 0.6 is 0 Å². The molecule has 0 aromatic carbocycles. The number of hydrogen-bond acceptors (Lipinski definition) is 6. The van der Waals surface area contributed by atoms with E-state index in [0.717, 1.165) is 48.8 Å². The third-order valence-electron chi connectivity index (χ3n) is 5.30. The molecule has 1 aliphatic rings. The zero-order valence-corrected chi connectivity index (χ0v) is 17.1. The van der Waals surface area contributed by atoms with Gasteiger partial charge in [-0.05, 0) is 50.5 Å². The lowest BCUT2D eigenvalue weighted by atomic mass is 10.0. The molecule has 0 spiro atoms. The van der Waals surface area contributed by atoms with E-state index in [2.05, 4.69) is 25.2 Å². The van der Waals surface area contributed by atoms with Gasteiger partial charge in [0.25, 0.3) is 11.5 Å². The van der Waals surface area contributed by atoms with Gasteiger partial charge in [0.2, 0.25) is 0 Å². The summed E-state index contributed by atoms with van der Waals surface area (Å²) in [6, 6.07) is 8.98. The highest BCUT2D eigenvalue weighted by atomic mass is 16.3. The van der Waals surface area contributed by atoms with Crippen molar-refractivity contribution in [3.8, 4) is 11.4 Å². The van der Waals surface area contributed by atoms with Crippen LogP contribution in [0.4, 0.5) is 5.82 Å². The van der Waals surface area contributed by atoms with Crippen molar-refractivity contribution in [2.75, 3.05) is 18.0 Å². The first-order chi connectivity index (χ1) is 14.5. The van der Waals surface area contributed by atoms with Gasteiger partial charge in [0, 0.05) is 42.7 Å². The lowest BCUT2D eigenvalue weighted by Gasteiger charge is -2.33. The SMILES string of the molecule is CCc1cc(=O)[nH]c(-c2ccc(N3CCC(NC(=O)c4ccc(C)o4)CC3)nc2)n1. The molecule has 1 saturated heterocycles. The van der Waals surface area contributed by atoms with Crippen LogP contribution in [0.2, 0.25) is 0 Å². The number of nitrogens with zero attached hydrogens (tertiary/aromatic N) is 3. The van der Waals surface area contributed by atoms with Crippen molar-refractivity contribution >= 4 is 11.7 Å². The zero-order chi connectivity index (χ0) is 21.1. The maximum Gasteiger partial charge on any atom is 0.287 e. The summed E-state index contributed by atoms with van der Waals surface area (Å²) < 4.78 is 5.39. The quantitative estimate of drug-likeness (QED) is 0.674. The number of carbonyl (C=O) groups is 1. The van der Waals surface area contributed by atoms with E-state index in [1.807, 2.05) is 26.0 Å². The van der Waals surface area contributed by atoms with Crippen LogP contribution in [0.25, 0.3) is 11.4 Å². The Labute approximate surface area is 174 Å². The van der Waals surface area contributed by atoms with Crippen LogP contribution in [0, 0.1) is 6.92 Å². The number of furan rings is 1. The van der Waals surface area contributed by atoms with E-state index in [4.69, 9.17) is 4.42 Å². The first-order valence-corrected chi connectivity index (χ1v) is 10.2. The highest BCUT2D eigenvalue weighted by molar-refractivity contribution is 5.91. The maximum atomic E-state index is 12.3. The van der Waals surface area contributed by atoms with Gasteiger partial charge in [0.15, 0.2) is 5.76 Å². The van der Waals surface area contributed by atoms with Gasteiger partial charge < -0.3 is 19.6 Å². The number of pyridine rings is 1. The summed E-state index contributed by atoms with van der Waals surface area (Å²) in [7, 11) is 0. The van der Waals surface area contributed by atoms with Crippen molar-refractivity contribution in [3.05, 3.63) is 64.1 Å². The van der Waals surface area contributed by atoms with Crippen LogP contribution in [-0.2, 0) is 6.42 Å². The molecule has 3 aromatic heterocycles. The Hall–Kier alpha value is -3.42. The average Bonchev–Trinajstić information content (AvgIpc) is 3.20. The number of nitrogens with one attached hydrogen (secondary N) is 2. The van der Waals surface area contributed by atoms with Crippen molar-refractivity contribution < 1.29 is 9.21 Å². The van der Waals surface area contributed by atoms with Crippen molar-refractivity contribution in [2.45, 2.75) is 39.2 Å². The number of anilines is 1. The van der Waals surface area contributed by atoms with E-state index in [1.165, 1.54) is 6.07 Å². The minimum atomic E-state index is -0.167. The van der Waals surface area contributed by atoms with Gasteiger partial charge in [-0.3, -0.25) is 9.59 Å². The average molecular weight is 407 g/mol. The van der Waals surface area contributed by atoms with E-state index in [1.54, 1.807) is 18.3 Å². The number of H-pyrrole nitrogens is 1. The molecule has 1 aliphatic heterocycles. The van der Waals surface area contributed by atoms with Crippen molar-refractivity contribution in [3.63, 3.8) is 0 Å². The smallest absolute Gasteiger partial charge is 0.287 e. The fraction of sp³-hybridized carbons (Fsp3) is 0.364. The first kappa shape index (κ1) is 19.9. The van der Waals surface area contributed by atoms with E-state index >= 15 is 0 Å². The summed E-state index contributed by atoms with van der Waals surface area (Å²) in [6.45, 7) is 5.39. The number of hydrogen-bond donors (Lipinski definition) is 2. The topological polar surface area (TPSA) is 104 Å². The Kier molecular flexibility index (Phi) is 5.65. The number of aromatic amines is 1. The number of aromatic nitrogens is 3. The minimum Gasteiger partial charge on any atom is -0.456 e. The summed E-state index contributed by atoms with van der Waals surface area (Å²) in [4.78, 5) is 38.1. The standard InChI is InChI=1S/C22H25N5O3/c1-3-16-12-20(28)26-21(24-16)15-5-7-19(23-13-15)27-10-8-17(9-11-27)25-22(29)18-6-4-14(2)30-18/h4-7,12-13,17H,3,8-11H2,1-2H3,(H,25,29)(H,24,26,28). The summed E-state index contributed by atoms with van der Waals surface area (Å²) in [5.74, 6) is 2.32. The Bertz CT molecular complexity index is 1080. The molecule has 156 valence electrons. The van der Waals surface area contributed by atoms with E-state index in [-0.39, 0.29) is 17.5 Å². The molecule has 8 heteroatoms. The molecule has 4 rings (SSSR count). The molecule has 3 aromatic rings. The lowest BCUT2D eigenvalue weighted by molar-refractivity contribution is 0.0901. The van der Waals surface area contributed by atoms with Gasteiger partial charge in [0.1, 0.15) is 17.4 Å². The Morgan fingerprint density at radius 1 is 1.27 bits per heavy atom. The highest BCUT2D eigenvalue weighted by Gasteiger charge is 2.23. The molecule has 2 N–H and O–H groups in total. The number of carbonyl (C=O) groups excluding carboxylic acids is 1. The lowest BCUT2D eigenvalue weighted by Crippen LogP contribution is -2.44. The third-order valence-corrected chi connectivity index (χ3v) is 5.30. The second kappa shape index (κ2) is 8.52. The van der Waals surface area contributed by atoms with Crippen LogP contribution < -0.4 is 15.8 Å². The Morgan fingerprint density at radius 3 is 2.70 bits per heavy atom. The predicted octanol–water partition coefficient (Wildman–Crippen LogP) is 2.69. The summed E-state index contributed by atoms with van der Waals surface area (Å²) in [6.07, 6.45) is 4.11. The van der Waals surface area contributed by atoms with Crippen LogP contribution in [0.15, 0.2) is 45.7 Å². The van der Waals surface area contributed by atoms with Crippen molar-refractivity contribution in [1.82, 2.24) is 20.3 Å². The molecule has 0 saturated carbocycles. The molecule has 0 aliphatic carbocycles. The van der Waals surface area contributed by atoms with Gasteiger partial charge in [-0.2, -0.15) is 0 Å². The second-order valence-electron chi connectivity index (χ2n) is 7.49.